The molecule has 5 heteroatoms. The first-order valence-corrected chi connectivity index (χ1v) is 7.00. The highest BCUT2D eigenvalue weighted by atomic mass is 16.4. The maximum absolute atomic E-state index is 11.1. The molecule has 3 rings (SSSR count). The summed E-state index contributed by atoms with van der Waals surface area (Å²) in [4.78, 5) is 16.0. The summed E-state index contributed by atoms with van der Waals surface area (Å²) in [6, 6.07) is 2.18. The molecule has 1 aromatic heterocycles. The van der Waals surface area contributed by atoms with Gasteiger partial charge in [0.15, 0.2) is 0 Å². The van der Waals surface area contributed by atoms with Crippen molar-refractivity contribution in [3.8, 4) is 0 Å². The number of rotatable bonds is 3. The fourth-order valence-corrected chi connectivity index (χ4v) is 3.28. The van der Waals surface area contributed by atoms with Crippen molar-refractivity contribution in [2.45, 2.75) is 31.8 Å². The van der Waals surface area contributed by atoms with Crippen LogP contribution in [0.5, 0.6) is 0 Å². The van der Waals surface area contributed by atoms with Gasteiger partial charge in [-0.25, -0.2) is 4.79 Å². The lowest BCUT2D eigenvalue weighted by molar-refractivity contribution is 0.0692. The molecule has 1 atom stereocenters. The molecule has 2 aliphatic rings. The zero-order chi connectivity index (χ0) is 13.2. The third kappa shape index (κ3) is 2.67. The van der Waals surface area contributed by atoms with Crippen LogP contribution in [-0.4, -0.2) is 53.1 Å². The Balaban J connectivity index is 1.68. The number of aromatic carboxylic acids is 1. The van der Waals surface area contributed by atoms with E-state index in [-0.39, 0.29) is 0 Å². The summed E-state index contributed by atoms with van der Waals surface area (Å²) in [5.74, 6) is -0.319. The Kier molecular flexibility index (Phi) is 3.57. The van der Waals surface area contributed by atoms with Crippen molar-refractivity contribution in [1.82, 2.24) is 9.80 Å². The van der Waals surface area contributed by atoms with E-state index in [0.29, 0.717) is 23.9 Å². The van der Waals surface area contributed by atoms with Crippen LogP contribution in [0, 0.1) is 0 Å². The first-order valence-electron chi connectivity index (χ1n) is 7.00. The summed E-state index contributed by atoms with van der Waals surface area (Å²) in [5.41, 5.74) is 0.299. The van der Waals surface area contributed by atoms with Crippen LogP contribution in [0.15, 0.2) is 16.7 Å². The molecule has 0 amide bonds. The molecule has 5 nitrogen and oxygen atoms in total. The first kappa shape index (κ1) is 12.7. The number of carboxylic acid groups (broad SMARTS) is 1. The zero-order valence-electron chi connectivity index (χ0n) is 11.0. The van der Waals surface area contributed by atoms with E-state index in [9.17, 15) is 4.79 Å². The minimum absolute atomic E-state index is 0.299. The van der Waals surface area contributed by atoms with Gasteiger partial charge in [-0.15, -0.1) is 0 Å². The van der Waals surface area contributed by atoms with Crippen molar-refractivity contribution in [2.75, 3.05) is 26.2 Å². The monoisotopic (exact) mass is 264 g/mol. The number of carboxylic acids is 1. The molecular weight excluding hydrogens is 244 g/mol. The average molecular weight is 264 g/mol. The van der Waals surface area contributed by atoms with E-state index < -0.39 is 5.97 Å². The van der Waals surface area contributed by atoms with Gasteiger partial charge in [0.05, 0.1) is 12.8 Å². The van der Waals surface area contributed by atoms with Crippen molar-refractivity contribution in [1.29, 1.82) is 0 Å². The highest BCUT2D eigenvalue weighted by Crippen LogP contribution is 2.23. The number of fused-ring (bicyclic) bond motifs is 1. The number of hydrogen-bond acceptors (Lipinski definition) is 4. The smallest absolute Gasteiger partial charge is 0.339 e. The molecule has 0 aliphatic carbocycles. The third-order valence-electron chi connectivity index (χ3n) is 4.23. The van der Waals surface area contributed by atoms with Crippen LogP contribution in [0.4, 0.5) is 0 Å². The molecule has 0 bridgehead atoms. The maximum atomic E-state index is 11.1. The van der Waals surface area contributed by atoms with Crippen LogP contribution in [0.1, 0.15) is 35.4 Å². The minimum Gasteiger partial charge on any atom is -0.478 e. The molecule has 1 unspecified atom stereocenters. The molecule has 2 aliphatic heterocycles. The molecule has 3 heterocycles. The molecule has 104 valence electrons. The molecule has 2 fully saturated rings. The second kappa shape index (κ2) is 5.35. The highest BCUT2D eigenvalue weighted by Gasteiger charge is 2.29. The van der Waals surface area contributed by atoms with Crippen LogP contribution < -0.4 is 0 Å². The second-order valence-corrected chi connectivity index (χ2v) is 5.48. The van der Waals surface area contributed by atoms with E-state index >= 15 is 0 Å². The van der Waals surface area contributed by atoms with Gasteiger partial charge in [0.2, 0.25) is 0 Å². The average Bonchev–Trinajstić information content (AvgIpc) is 2.96. The van der Waals surface area contributed by atoms with Crippen LogP contribution in [0.2, 0.25) is 0 Å². The van der Waals surface area contributed by atoms with E-state index in [0.717, 1.165) is 19.5 Å². The van der Waals surface area contributed by atoms with Gasteiger partial charge in [-0.2, -0.15) is 0 Å². The number of nitrogens with zero attached hydrogens (tertiary/aromatic N) is 2. The number of carbonyl (C=O) groups is 1. The summed E-state index contributed by atoms with van der Waals surface area (Å²) in [7, 11) is 0. The fourth-order valence-electron chi connectivity index (χ4n) is 3.28. The number of furan rings is 1. The van der Waals surface area contributed by atoms with Crippen molar-refractivity contribution >= 4 is 5.97 Å². The Morgan fingerprint density at radius 2 is 2.21 bits per heavy atom. The number of hydrogen-bond donors (Lipinski definition) is 1. The zero-order valence-corrected chi connectivity index (χ0v) is 11.0. The van der Waals surface area contributed by atoms with Crippen molar-refractivity contribution in [3.05, 3.63) is 23.7 Å². The first-order chi connectivity index (χ1) is 9.24. The molecule has 0 spiro atoms. The summed E-state index contributed by atoms with van der Waals surface area (Å²) in [5, 5.41) is 9.10. The van der Waals surface area contributed by atoms with E-state index in [1.807, 2.05) is 0 Å². The van der Waals surface area contributed by atoms with Gasteiger partial charge in [-0.1, -0.05) is 0 Å². The molecule has 0 saturated carbocycles. The lowest BCUT2D eigenvalue weighted by Crippen LogP contribution is -2.36. The Hall–Kier alpha value is -1.33. The molecule has 1 aromatic rings. The third-order valence-corrected chi connectivity index (χ3v) is 4.23. The van der Waals surface area contributed by atoms with Crippen LogP contribution in [0.25, 0.3) is 0 Å². The second-order valence-electron chi connectivity index (χ2n) is 5.48. The molecular formula is C14H20N2O3. The normalized spacial score (nSPS) is 25.2. The Labute approximate surface area is 112 Å². The van der Waals surface area contributed by atoms with Crippen LogP contribution >= 0.6 is 0 Å². The van der Waals surface area contributed by atoms with Gasteiger partial charge >= 0.3 is 5.97 Å². The summed E-state index contributed by atoms with van der Waals surface area (Å²) in [6.07, 6.45) is 5.18. The highest BCUT2D eigenvalue weighted by molar-refractivity contribution is 5.88. The molecule has 0 radical (unpaired) electrons. The molecule has 2 saturated heterocycles. The standard InChI is InChI=1S/C14H20N2O3/c17-14(18)12-4-8-19-13(12)10-15-5-2-7-16-6-1-3-11(16)9-15/h4,8,11H,1-3,5-7,9-10H2,(H,17,18). The van der Waals surface area contributed by atoms with Gasteiger partial charge in [0, 0.05) is 12.6 Å². The van der Waals surface area contributed by atoms with Gasteiger partial charge in [-0.05, 0) is 45.0 Å². The van der Waals surface area contributed by atoms with Crippen molar-refractivity contribution in [3.63, 3.8) is 0 Å². The predicted octanol–water partition coefficient (Wildman–Crippen LogP) is 1.65. The quantitative estimate of drug-likeness (QED) is 0.899. The molecule has 0 aromatic carbocycles. The van der Waals surface area contributed by atoms with Gasteiger partial charge in [-0.3, -0.25) is 9.80 Å². The van der Waals surface area contributed by atoms with Crippen LogP contribution in [-0.2, 0) is 6.54 Å². The summed E-state index contributed by atoms with van der Waals surface area (Å²) < 4.78 is 5.34. The Morgan fingerprint density at radius 1 is 1.37 bits per heavy atom. The van der Waals surface area contributed by atoms with E-state index in [1.165, 1.54) is 38.3 Å². The van der Waals surface area contributed by atoms with E-state index in [4.69, 9.17) is 9.52 Å². The van der Waals surface area contributed by atoms with Crippen molar-refractivity contribution in [2.24, 2.45) is 0 Å². The summed E-state index contributed by atoms with van der Waals surface area (Å²) in [6.45, 7) is 5.05. The Morgan fingerprint density at radius 3 is 3.05 bits per heavy atom. The maximum Gasteiger partial charge on any atom is 0.339 e. The predicted molar refractivity (Wildman–Crippen MR) is 70.2 cm³/mol. The fraction of sp³-hybridized carbons (Fsp3) is 0.643. The van der Waals surface area contributed by atoms with E-state index in [2.05, 4.69) is 9.80 Å². The lowest BCUT2D eigenvalue weighted by atomic mass is 10.2. The van der Waals surface area contributed by atoms with Crippen LogP contribution in [0.3, 0.4) is 0 Å². The van der Waals surface area contributed by atoms with Gasteiger partial charge in [0.1, 0.15) is 11.3 Å². The van der Waals surface area contributed by atoms with Gasteiger partial charge in [0.25, 0.3) is 0 Å². The summed E-state index contributed by atoms with van der Waals surface area (Å²) >= 11 is 0. The molecule has 1 N–H and O–H groups in total. The largest absolute Gasteiger partial charge is 0.478 e. The van der Waals surface area contributed by atoms with E-state index in [1.54, 1.807) is 0 Å². The Bertz CT molecular complexity index is 457. The SMILES string of the molecule is O=C(O)c1ccoc1CN1CCCN2CCCC2C1. The minimum atomic E-state index is -0.902. The van der Waals surface area contributed by atoms with Crippen molar-refractivity contribution < 1.29 is 14.3 Å². The topological polar surface area (TPSA) is 56.9 Å². The van der Waals surface area contributed by atoms with Gasteiger partial charge < -0.3 is 9.52 Å². The molecule has 19 heavy (non-hydrogen) atoms. The lowest BCUT2D eigenvalue weighted by Gasteiger charge is -2.25.